The third kappa shape index (κ3) is 4.10. The summed E-state index contributed by atoms with van der Waals surface area (Å²) in [6.07, 6.45) is 4.45. The van der Waals surface area contributed by atoms with Crippen molar-refractivity contribution in [3.8, 4) is 5.88 Å². The summed E-state index contributed by atoms with van der Waals surface area (Å²) in [5.74, 6) is 1.36. The van der Waals surface area contributed by atoms with Crippen molar-refractivity contribution in [1.29, 1.82) is 0 Å². The lowest BCUT2D eigenvalue weighted by molar-refractivity contribution is 0.231. The van der Waals surface area contributed by atoms with Crippen molar-refractivity contribution >= 4 is 11.6 Å². The molecule has 4 nitrogen and oxygen atoms in total. The van der Waals surface area contributed by atoms with E-state index in [0.29, 0.717) is 17.6 Å². The van der Waals surface area contributed by atoms with Crippen molar-refractivity contribution in [3.05, 3.63) is 17.0 Å². The minimum absolute atomic E-state index is 0.463. The number of aryl methyl sites for hydroxylation is 1. The van der Waals surface area contributed by atoms with Crippen molar-refractivity contribution < 1.29 is 4.74 Å². The lowest BCUT2D eigenvalue weighted by Crippen LogP contribution is -2.25. The van der Waals surface area contributed by atoms with Crippen LogP contribution in [0.5, 0.6) is 5.88 Å². The Morgan fingerprint density at radius 3 is 2.83 bits per heavy atom. The van der Waals surface area contributed by atoms with Crippen LogP contribution in [-0.4, -0.2) is 41.1 Å². The second kappa shape index (κ2) is 6.90. The Hall–Kier alpha value is -0.870. The lowest BCUT2D eigenvalue weighted by Gasteiger charge is -2.14. The first-order chi connectivity index (χ1) is 8.78. The summed E-state index contributed by atoms with van der Waals surface area (Å²) < 4.78 is 5.66. The predicted octanol–water partition coefficient (Wildman–Crippen LogP) is 2.56. The van der Waals surface area contributed by atoms with Crippen LogP contribution in [0.4, 0.5) is 0 Å². The lowest BCUT2D eigenvalue weighted by atomic mass is 10.3. The average molecular weight is 270 g/mol. The molecule has 1 fully saturated rings. The van der Waals surface area contributed by atoms with Crippen molar-refractivity contribution in [2.24, 2.45) is 0 Å². The molecular weight excluding hydrogens is 250 g/mol. The van der Waals surface area contributed by atoms with Gasteiger partial charge >= 0.3 is 0 Å². The highest BCUT2D eigenvalue weighted by Gasteiger charge is 2.11. The minimum Gasteiger partial charge on any atom is -0.476 e. The Labute approximate surface area is 113 Å². The summed E-state index contributed by atoms with van der Waals surface area (Å²) in [4.78, 5) is 10.9. The smallest absolute Gasteiger partial charge is 0.218 e. The molecule has 1 saturated heterocycles. The molecule has 0 atom stereocenters. The van der Waals surface area contributed by atoms with E-state index in [9.17, 15) is 0 Å². The summed E-state index contributed by atoms with van der Waals surface area (Å²) in [6.45, 7) is 6.10. The maximum Gasteiger partial charge on any atom is 0.218 e. The van der Waals surface area contributed by atoms with Gasteiger partial charge in [0.1, 0.15) is 17.6 Å². The van der Waals surface area contributed by atoms with Crippen molar-refractivity contribution in [1.82, 2.24) is 14.9 Å². The molecule has 0 spiro atoms. The minimum atomic E-state index is 0.463. The van der Waals surface area contributed by atoms with Crippen LogP contribution in [0.3, 0.4) is 0 Å². The fourth-order valence-electron chi connectivity index (χ4n) is 2.14. The molecule has 2 rings (SSSR count). The quantitative estimate of drug-likeness (QED) is 0.744. The highest BCUT2D eigenvalue weighted by atomic mass is 35.5. The maximum absolute atomic E-state index is 5.95. The van der Waals surface area contributed by atoms with E-state index in [1.54, 1.807) is 6.07 Å². The first-order valence-electron chi connectivity index (χ1n) is 6.66. The van der Waals surface area contributed by atoms with Gasteiger partial charge in [0.15, 0.2) is 0 Å². The SMILES string of the molecule is CCCc1nc(Cl)cc(OCCN2CCCC2)n1. The summed E-state index contributed by atoms with van der Waals surface area (Å²) in [7, 11) is 0. The van der Waals surface area contributed by atoms with Crippen LogP contribution >= 0.6 is 11.6 Å². The maximum atomic E-state index is 5.95. The number of likely N-dealkylation sites (tertiary alicyclic amines) is 1. The average Bonchev–Trinajstić information content (AvgIpc) is 2.82. The molecule has 0 N–H and O–H groups in total. The second-order valence-electron chi connectivity index (χ2n) is 4.59. The molecule has 1 aromatic rings. The van der Waals surface area contributed by atoms with Crippen LogP contribution in [0, 0.1) is 0 Å². The summed E-state index contributed by atoms with van der Waals surface area (Å²) in [5, 5.41) is 0.463. The molecule has 1 aliphatic heterocycles. The Bertz CT molecular complexity index is 380. The Morgan fingerprint density at radius 1 is 1.33 bits per heavy atom. The topological polar surface area (TPSA) is 38.2 Å². The van der Waals surface area contributed by atoms with Crippen LogP contribution in [0.15, 0.2) is 6.07 Å². The molecule has 0 saturated carbocycles. The van der Waals surface area contributed by atoms with Gasteiger partial charge in [-0.25, -0.2) is 4.98 Å². The summed E-state index contributed by atoms with van der Waals surface area (Å²) >= 11 is 5.95. The monoisotopic (exact) mass is 269 g/mol. The van der Waals surface area contributed by atoms with E-state index in [0.717, 1.165) is 25.2 Å². The number of aromatic nitrogens is 2. The van der Waals surface area contributed by atoms with Crippen molar-refractivity contribution in [2.75, 3.05) is 26.2 Å². The van der Waals surface area contributed by atoms with E-state index in [2.05, 4.69) is 21.8 Å². The Morgan fingerprint density at radius 2 is 2.11 bits per heavy atom. The van der Waals surface area contributed by atoms with Crippen LogP contribution < -0.4 is 4.74 Å². The molecule has 1 aliphatic rings. The molecule has 0 radical (unpaired) electrons. The highest BCUT2D eigenvalue weighted by molar-refractivity contribution is 6.29. The molecule has 2 heterocycles. The fourth-order valence-corrected chi connectivity index (χ4v) is 2.33. The Kier molecular flexibility index (Phi) is 5.20. The molecule has 100 valence electrons. The third-order valence-corrected chi connectivity index (χ3v) is 3.24. The van der Waals surface area contributed by atoms with Crippen LogP contribution in [0.1, 0.15) is 32.0 Å². The van der Waals surface area contributed by atoms with Gasteiger partial charge in [-0.1, -0.05) is 18.5 Å². The van der Waals surface area contributed by atoms with Crippen molar-refractivity contribution in [2.45, 2.75) is 32.6 Å². The van der Waals surface area contributed by atoms with Gasteiger partial charge < -0.3 is 4.74 Å². The molecule has 18 heavy (non-hydrogen) atoms. The third-order valence-electron chi connectivity index (χ3n) is 3.05. The van der Waals surface area contributed by atoms with E-state index in [1.165, 1.54) is 25.9 Å². The zero-order valence-electron chi connectivity index (χ0n) is 10.9. The largest absolute Gasteiger partial charge is 0.476 e. The first-order valence-corrected chi connectivity index (χ1v) is 7.04. The zero-order chi connectivity index (χ0) is 12.8. The van der Waals surface area contributed by atoms with E-state index < -0.39 is 0 Å². The summed E-state index contributed by atoms with van der Waals surface area (Å²) in [5.41, 5.74) is 0. The number of ether oxygens (including phenoxy) is 1. The standard InChI is InChI=1S/C13H20ClN3O/c1-2-5-12-15-11(14)10-13(16-12)18-9-8-17-6-3-4-7-17/h10H,2-9H2,1H3. The number of hydrogen-bond acceptors (Lipinski definition) is 4. The molecule has 5 heteroatoms. The van der Waals surface area contributed by atoms with Gasteiger partial charge in [-0.15, -0.1) is 0 Å². The van der Waals surface area contributed by atoms with Crippen LogP contribution in [-0.2, 0) is 6.42 Å². The van der Waals surface area contributed by atoms with E-state index >= 15 is 0 Å². The second-order valence-corrected chi connectivity index (χ2v) is 4.98. The fraction of sp³-hybridized carbons (Fsp3) is 0.692. The van der Waals surface area contributed by atoms with Gasteiger partial charge in [-0.05, 0) is 32.4 Å². The normalized spacial score (nSPS) is 16.1. The number of hydrogen-bond donors (Lipinski definition) is 0. The predicted molar refractivity (Wildman–Crippen MR) is 72.2 cm³/mol. The number of rotatable bonds is 6. The molecule has 0 amide bonds. The molecule has 0 bridgehead atoms. The van der Waals surface area contributed by atoms with E-state index in [-0.39, 0.29) is 0 Å². The Balaban J connectivity index is 1.83. The van der Waals surface area contributed by atoms with E-state index in [4.69, 9.17) is 16.3 Å². The zero-order valence-corrected chi connectivity index (χ0v) is 11.6. The van der Waals surface area contributed by atoms with Crippen LogP contribution in [0.25, 0.3) is 0 Å². The number of halogens is 1. The number of nitrogens with zero attached hydrogens (tertiary/aromatic N) is 3. The molecule has 0 aromatic carbocycles. The van der Waals surface area contributed by atoms with Crippen molar-refractivity contribution in [3.63, 3.8) is 0 Å². The van der Waals surface area contributed by atoms with E-state index in [1.807, 2.05) is 0 Å². The van der Waals surface area contributed by atoms with Crippen LogP contribution in [0.2, 0.25) is 5.15 Å². The summed E-state index contributed by atoms with van der Waals surface area (Å²) in [6, 6.07) is 1.69. The van der Waals surface area contributed by atoms with Gasteiger partial charge in [0, 0.05) is 19.0 Å². The van der Waals surface area contributed by atoms with Gasteiger partial charge in [0.25, 0.3) is 0 Å². The van der Waals surface area contributed by atoms with Gasteiger partial charge in [0.05, 0.1) is 0 Å². The highest BCUT2D eigenvalue weighted by Crippen LogP contribution is 2.15. The first kappa shape index (κ1) is 13.6. The molecule has 0 unspecified atom stereocenters. The van der Waals surface area contributed by atoms with Gasteiger partial charge in [0.2, 0.25) is 5.88 Å². The van der Waals surface area contributed by atoms with Gasteiger partial charge in [-0.2, -0.15) is 4.98 Å². The molecular formula is C13H20ClN3O. The molecule has 0 aliphatic carbocycles. The van der Waals surface area contributed by atoms with Gasteiger partial charge in [-0.3, -0.25) is 4.90 Å². The molecule has 1 aromatic heterocycles.